The van der Waals surface area contributed by atoms with Crippen molar-refractivity contribution in [2.45, 2.75) is 0 Å². The SMILES string of the molecule is c1ccc(-c2ccc3c(c2)c2cc(-c4ccccc4)ccc2n3-c2cccc(-c3nc(-c4ccccc4)cc(-c4ccccc4)n3)c2-c2ccccc2-n2c3ccccc3c3ccccc32)cc1. The van der Waals surface area contributed by atoms with Gasteiger partial charge >= 0.3 is 0 Å². The second-order valence-corrected chi connectivity index (χ2v) is 17.3. The minimum Gasteiger partial charge on any atom is -0.309 e. The summed E-state index contributed by atoms with van der Waals surface area (Å²) in [6.07, 6.45) is 0. The van der Waals surface area contributed by atoms with E-state index < -0.39 is 0 Å². The Bertz CT molecular complexity index is 3790. The highest BCUT2D eigenvalue weighted by molar-refractivity contribution is 6.13. The summed E-state index contributed by atoms with van der Waals surface area (Å²) in [5.74, 6) is 0.651. The molecule has 0 saturated heterocycles. The van der Waals surface area contributed by atoms with Crippen LogP contribution in [-0.2, 0) is 0 Å². The van der Waals surface area contributed by atoms with E-state index in [4.69, 9.17) is 9.97 Å². The number of fused-ring (bicyclic) bond motifs is 6. The molecule has 68 heavy (non-hydrogen) atoms. The maximum absolute atomic E-state index is 5.49. The summed E-state index contributed by atoms with van der Waals surface area (Å²) in [6.45, 7) is 0. The first-order valence-electron chi connectivity index (χ1n) is 23.2. The molecule has 10 aromatic carbocycles. The van der Waals surface area contributed by atoms with Crippen molar-refractivity contribution in [1.82, 2.24) is 19.1 Å². The van der Waals surface area contributed by atoms with E-state index in [2.05, 4.69) is 252 Å². The molecular weight excluding hydrogens is 825 g/mol. The second-order valence-electron chi connectivity index (χ2n) is 17.3. The van der Waals surface area contributed by atoms with Gasteiger partial charge < -0.3 is 9.13 Å². The van der Waals surface area contributed by atoms with Crippen molar-refractivity contribution in [2.24, 2.45) is 0 Å². The normalized spacial score (nSPS) is 11.5. The first-order valence-corrected chi connectivity index (χ1v) is 23.2. The average Bonchev–Trinajstić information content (AvgIpc) is 3.93. The van der Waals surface area contributed by atoms with Gasteiger partial charge in [0.2, 0.25) is 0 Å². The van der Waals surface area contributed by atoms with Crippen LogP contribution in [0.2, 0.25) is 0 Å². The first-order chi connectivity index (χ1) is 33.7. The second kappa shape index (κ2) is 16.4. The molecule has 0 unspecified atom stereocenters. The Labute approximate surface area is 394 Å². The topological polar surface area (TPSA) is 35.6 Å². The molecule has 0 aliphatic carbocycles. The largest absolute Gasteiger partial charge is 0.309 e. The summed E-state index contributed by atoms with van der Waals surface area (Å²) in [5, 5.41) is 4.78. The van der Waals surface area contributed by atoms with Gasteiger partial charge in [0.05, 0.1) is 44.8 Å². The van der Waals surface area contributed by atoms with Gasteiger partial charge in [0.15, 0.2) is 5.82 Å². The summed E-state index contributed by atoms with van der Waals surface area (Å²) in [6, 6.07) is 91.2. The van der Waals surface area contributed by atoms with Gasteiger partial charge in [-0.15, -0.1) is 0 Å². The lowest BCUT2D eigenvalue weighted by Gasteiger charge is -2.21. The highest BCUT2D eigenvalue weighted by Crippen LogP contribution is 2.46. The van der Waals surface area contributed by atoms with Gasteiger partial charge in [0, 0.05) is 49.4 Å². The minimum atomic E-state index is 0.651. The van der Waals surface area contributed by atoms with E-state index in [-0.39, 0.29) is 0 Å². The number of hydrogen-bond donors (Lipinski definition) is 0. The molecule has 0 fully saturated rings. The van der Waals surface area contributed by atoms with Crippen LogP contribution < -0.4 is 0 Å². The van der Waals surface area contributed by atoms with Crippen molar-refractivity contribution in [1.29, 1.82) is 0 Å². The third-order valence-electron chi connectivity index (χ3n) is 13.4. The van der Waals surface area contributed by atoms with Crippen molar-refractivity contribution in [3.63, 3.8) is 0 Å². The fourth-order valence-corrected chi connectivity index (χ4v) is 10.2. The Morgan fingerprint density at radius 3 is 1.18 bits per heavy atom. The van der Waals surface area contributed by atoms with Crippen LogP contribution in [0.1, 0.15) is 0 Å². The zero-order chi connectivity index (χ0) is 45.0. The predicted molar refractivity (Wildman–Crippen MR) is 283 cm³/mol. The van der Waals surface area contributed by atoms with Gasteiger partial charge in [0.1, 0.15) is 0 Å². The Morgan fingerprint density at radius 1 is 0.250 bits per heavy atom. The molecule has 0 atom stereocenters. The molecule has 3 aromatic heterocycles. The number of nitrogens with zero attached hydrogens (tertiary/aromatic N) is 4. The van der Waals surface area contributed by atoms with Crippen LogP contribution in [0.4, 0.5) is 0 Å². The molecule has 0 amide bonds. The van der Waals surface area contributed by atoms with E-state index in [1.807, 2.05) is 12.1 Å². The van der Waals surface area contributed by atoms with Gasteiger partial charge in [-0.25, -0.2) is 9.97 Å². The third kappa shape index (κ3) is 6.61. The van der Waals surface area contributed by atoms with Gasteiger partial charge in [-0.05, 0) is 76.9 Å². The monoisotopic (exact) mass is 866 g/mol. The summed E-state index contributed by atoms with van der Waals surface area (Å²) in [4.78, 5) is 11.0. The number of para-hydroxylation sites is 3. The Morgan fingerprint density at radius 2 is 0.647 bits per heavy atom. The molecule has 4 heteroatoms. The Hall–Kier alpha value is -9.12. The van der Waals surface area contributed by atoms with Gasteiger partial charge in [-0.3, -0.25) is 0 Å². The Balaban J connectivity index is 1.15. The predicted octanol–water partition coefficient (Wildman–Crippen LogP) is 16.7. The highest BCUT2D eigenvalue weighted by atomic mass is 15.0. The van der Waals surface area contributed by atoms with Crippen LogP contribution in [0.25, 0.3) is 122 Å². The van der Waals surface area contributed by atoms with Crippen LogP contribution in [0.5, 0.6) is 0 Å². The van der Waals surface area contributed by atoms with Crippen molar-refractivity contribution in [3.8, 4) is 78.7 Å². The molecule has 0 spiro atoms. The van der Waals surface area contributed by atoms with E-state index in [0.717, 1.165) is 72.6 Å². The number of hydrogen-bond acceptors (Lipinski definition) is 2. The fourth-order valence-electron chi connectivity index (χ4n) is 10.2. The zero-order valence-electron chi connectivity index (χ0n) is 37.0. The maximum Gasteiger partial charge on any atom is 0.161 e. The van der Waals surface area contributed by atoms with Crippen molar-refractivity contribution >= 4 is 43.6 Å². The van der Waals surface area contributed by atoms with E-state index in [0.29, 0.717) is 5.82 Å². The van der Waals surface area contributed by atoms with Crippen molar-refractivity contribution in [2.75, 3.05) is 0 Å². The van der Waals surface area contributed by atoms with E-state index in [1.165, 1.54) is 43.8 Å². The fraction of sp³-hybridized carbons (Fsp3) is 0. The van der Waals surface area contributed by atoms with Crippen molar-refractivity contribution < 1.29 is 0 Å². The van der Waals surface area contributed by atoms with Gasteiger partial charge in [-0.2, -0.15) is 0 Å². The lowest BCUT2D eigenvalue weighted by atomic mass is 9.94. The van der Waals surface area contributed by atoms with Crippen LogP contribution in [0, 0.1) is 0 Å². The van der Waals surface area contributed by atoms with Gasteiger partial charge in [-0.1, -0.05) is 200 Å². The third-order valence-corrected chi connectivity index (χ3v) is 13.4. The van der Waals surface area contributed by atoms with Crippen LogP contribution >= 0.6 is 0 Å². The highest BCUT2D eigenvalue weighted by Gasteiger charge is 2.25. The molecule has 0 bridgehead atoms. The molecule has 4 nitrogen and oxygen atoms in total. The smallest absolute Gasteiger partial charge is 0.161 e. The lowest BCUT2D eigenvalue weighted by molar-refractivity contribution is 1.15. The van der Waals surface area contributed by atoms with Gasteiger partial charge in [0.25, 0.3) is 0 Å². The van der Waals surface area contributed by atoms with Crippen LogP contribution in [0.15, 0.2) is 255 Å². The molecular formula is C64H42N4. The number of benzene rings is 10. The average molecular weight is 867 g/mol. The molecule has 13 rings (SSSR count). The first kappa shape index (κ1) is 39.3. The lowest BCUT2D eigenvalue weighted by Crippen LogP contribution is -2.04. The van der Waals surface area contributed by atoms with Crippen molar-refractivity contribution in [3.05, 3.63) is 255 Å². The molecule has 13 aromatic rings. The van der Waals surface area contributed by atoms with E-state index in [1.54, 1.807) is 0 Å². The zero-order valence-corrected chi connectivity index (χ0v) is 37.0. The molecule has 0 saturated carbocycles. The minimum absolute atomic E-state index is 0.651. The molecule has 0 aliphatic rings. The quantitative estimate of drug-likeness (QED) is 0.153. The summed E-state index contributed by atoms with van der Waals surface area (Å²) >= 11 is 0. The molecule has 0 radical (unpaired) electrons. The van der Waals surface area contributed by atoms with E-state index >= 15 is 0 Å². The summed E-state index contributed by atoms with van der Waals surface area (Å²) in [5.41, 5.74) is 18.1. The maximum atomic E-state index is 5.49. The summed E-state index contributed by atoms with van der Waals surface area (Å²) in [7, 11) is 0. The van der Waals surface area contributed by atoms with E-state index in [9.17, 15) is 0 Å². The van der Waals surface area contributed by atoms with Crippen LogP contribution in [0.3, 0.4) is 0 Å². The Kier molecular flexibility index (Phi) is 9.47. The molecule has 318 valence electrons. The van der Waals surface area contributed by atoms with Crippen LogP contribution in [-0.4, -0.2) is 19.1 Å². The molecule has 3 heterocycles. The molecule has 0 N–H and O–H groups in total. The molecule has 0 aliphatic heterocycles. The number of aromatic nitrogens is 4. The summed E-state index contributed by atoms with van der Waals surface area (Å²) < 4.78 is 4.90. The standard InChI is InChI=1S/C64H42N4/c1-5-20-43(21-6-1)47-36-38-60-53(40-47)54-41-48(44-22-7-2-8-23-44)37-39-61(54)68(60)62-35-19-31-52(64-65-55(45-24-9-3-10-25-45)42-56(66-64)46-26-11-4-12-27-46)63(62)51-30-15-18-34-59(51)67-57-32-16-13-28-49(57)50-29-14-17-33-58(50)67/h1-42H. The number of rotatable bonds is 8.